The topological polar surface area (TPSA) is 78.5 Å². The van der Waals surface area contributed by atoms with E-state index in [2.05, 4.69) is 30.8 Å². The molecule has 2 heterocycles. The van der Waals surface area contributed by atoms with Gasteiger partial charge in [0.05, 0.1) is 0 Å². The smallest absolute Gasteiger partial charge is 0.156 e. The van der Waals surface area contributed by atoms with Crippen LogP contribution in [-0.2, 0) is 0 Å². The van der Waals surface area contributed by atoms with Gasteiger partial charge in [-0.15, -0.1) is 0 Å². The second-order valence-electron chi connectivity index (χ2n) is 4.52. The van der Waals surface area contributed by atoms with Crippen molar-refractivity contribution >= 4 is 29.1 Å². The lowest BCUT2D eigenvalue weighted by Crippen LogP contribution is -2.03. The van der Waals surface area contributed by atoms with Crippen molar-refractivity contribution in [3.8, 4) is 0 Å². The summed E-state index contributed by atoms with van der Waals surface area (Å²) >= 11 is 6.23. The number of H-pyrrole nitrogens is 1. The molecule has 0 saturated heterocycles. The van der Waals surface area contributed by atoms with Gasteiger partial charge < -0.3 is 10.6 Å². The van der Waals surface area contributed by atoms with Gasteiger partial charge in [0.2, 0.25) is 0 Å². The molecule has 6 nitrogen and oxygen atoms in total. The van der Waals surface area contributed by atoms with Crippen LogP contribution in [0.15, 0.2) is 12.4 Å². The van der Waals surface area contributed by atoms with Gasteiger partial charge in [-0.1, -0.05) is 11.6 Å². The Hall–Kier alpha value is -1.82. The number of aromatic nitrogens is 4. The summed E-state index contributed by atoms with van der Waals surface area (Å²) in [7, 11) is 0. The van der Waals surface area contributed by atoms with Crippen molar-refractivity contribution in [3.63, 3.8) is 0 Å². The number of nitrogens with zero attached hydrogens (tertiary/aromatic N) is 3. The first-order valence-corrected chi connectivity index (χ1v) is 6.72. The van der Waals surface area contributed by atoms with Gasteiger partial charge in [-0.05, 0) is 19.8 Å². The molecule has 0 radical (unpaired) electrons. The molecule has 0 aliphatic heterocycles. The van der Waals surface area contributed by atoms with E-state index >= 15 is 0 Å². The first-order chi connectivity index (χ1) is 9.28. The lowest BCUT2D eigenvalue weighted by molar-refractivity contribution is 0.966. The van der Waals surface area contributed by atoms with E-state index in [1.807, 2.05) is 13.0 Å². The van der Waals surface area contributed by atoms with Gasteiger partial charge >= 0.3 is 0 Å². The first-order valence-electron chi connectivity index (χ1n) is 6.34. The zero-order valence-corrected chi connectivity index (χ0v) is 11.3. The summed E-state index contributed by atoms with van der Waals surface area (Å²) in [5.74, 6) is 2.55. The highest BCUT2D eigenvalue weighted by Crippen LogP contribution is 2.39. The molecule has 1 fully saturated rings. The highest BCUT2D eigenvalue weighted by Gasteiger charge is 2.25. The van der Waals surface area contributed by atoms with E-state index in [1.54, 1.807) is 0 Å². The van der Waals surface area contributed by atoms with Crippen LogP contribution in [-0.4, -0.2) is 26.7 Å². The Balaban J connectivity index is 1.79. The number of rotatable bonds is 5. The van der Waals surface area contributed by atoms with Gasteiger partial charge in [-0.25, -0.2) is 9.97 Å². The third-order valence-electron chi connectivity index (χ3n) is 3.00. The minimum Gasteiger partial charge on any atom is -0.369 e. The lowest BCUT2D eigenvalue weighted by Gasteiger charge is -2.08. The Morgan fingerprint density at radius 2 is 2.16 bits per heavy atom. The van der Waals surface area contributed by atoms with E-state index < -0.39 is 0 Å². The second kappa shape index (κ2) is 5.05. The summed E-state index contributed by atoms with van der Waals surface area (Å²) < 4.78 is 0. The molecule has 0 aromatic carbocycles. The van der Waals surface area contributed by atoms with Crippen LogP contribution in [0.5, 0.6) is 0 Å². The van der Waals surface area contributed by atoms with Gasteiger partial charge in [0, 0.05) is 24.2 Å². The zero-order chi connectivity index (χ0) is 13.2. The predicted octanol–water partition coefficient (Wildman–Crippen LogP) is 2.91. The molecule has 3 N–H and O–H groups in total. The maximum atomic E-state index is 6.23. The average molecular weight is 279 g/mol. The van der Waals surface area contributed by atoms with Gasteiger partial charge in [0.15, 0.2) is 11.6 Å². The van der Waals surface area contributed by atoms with Crippen LogP contribution in [0.4, 0.5) is 17.5 Å². The second-order valence-corrected chi connectivity index (χ2v) is 4.90. The van der Waals surface area contributed by atoms with Crippen molar-refractivity contribution in [2.75, 3.05) is 17.2 Å². The van der Waals surface area contributed by atoms with Crippen molar-refractivity contribution in [2.24, 2.45) is 0 Å². The Morgan fingerprint density at radius 1 is 1.37 bits per heavy atom. The molecule has 3 rings (SSSR count). The quantitative estimate of drug-likeness (QED) is 0.784. The molecule has 1 aliphatic carbocycles. The molecular weight excluding hydrogens is 264 g/mol. The van der Waals surface area contributed by atoms with E-state index in [1.165, 1.54) is 24.9 Å². The van der Waals surface area contributed by atoms with E-state index in [0.29, 0.717) is 22.6 Å². The fraction of sp³-hybridized carbons (Fsp3) is 0.417. The highest BCUT2D eigenvalue weighted by atomic mass is 35.5. The van der Waals surface area contributed by atoms with Gasteiger partial charge in [-0.3, -0.25) is 5.10 Å². The molecule has 0 spiro atoms. The van der Waals surface area contributed by atoms with Crippen molar-refractivity contribution in [3.05, 3.63) is 23.1 Å². The summed E-state index contributed by atoms with van der Waals surface area (Å²) in [5.41, 5.74) is 1.17. The fourth-order valence-corrected chi connectivity index (χ4v) is 2.08. The van der Waals surface area contributed by atoms with Crippen LogP contribution < -0.4 is 10.6 Å². The monoisotopic (exact) mass is 278 g/mol. The summed E-state index contributed by atoms with van der Waals surface area (Å²) in [4.78, 5) is 8.23. The number of aromatic amines is 1. The molecule has 7 heteroatoms. The van der Waals surface area contributed by atoms with Gasteiger partial charge in [0.25, 0.3) is 0 Å². The Morgan fingerprint density at radius 3 is 2.89 bits per heavy atom. The number of halogens is 1. The fourth-order valence-electron chi connectivity index (χ4n) is 1.87. The molecular formula is C12H15ClN6. The molecule has 1 aliphatic rings. The van der Waals surface area contributed by atoms with E-state index in [4.69, 9.17) is 11.6 Å². The summed E-state index contributed by atoms with van der Waals surface area (Å²) in [6.07, 6.45) is 3.95. The van der Waals surface area contributed by atoms with Crippen LogP contribution in [0.25, 0.3) is 0 Å². The van der Waals surface area contributed by atoms with Crippen molar-refractivity contribution in [1.29, 1.82) is 0 Å². The summed E-state index contributed by atoms with van der Waals surface area (Å²) in [6.45, 7) is 2.74. The summed E-state index contributed by atoms with van der Waals surface area (Å²) in [5, 5.41) is 13.9. The molecule has 19 heavy (non-hydrogen) atoms. The van der Waals surface area contributed by atoms with Gasteiger partial charge in [-0.2, -0.15) is 5.10 Å². The SMILES string of the molecule is CCNc1ncnc(Nc2cc(C3CC3)[nH]n2)c1Cl. The zero-order valence-electron chi connectivity index (χ0n) is 10.6. The maximum Gasteiger partial charge on any atom is 0.156 e. The number of nitrogens with one attached hydrogen (secondary N) is 3. The van der Waals surface area contributed by atoms with E-state index in [0.717, 1.165) is 12.4 Å². The molecule has 2 aromatic heterocycles. The summed E-state index contributed by atoms with van der Waals surface area (Å²) in [6, 6.07) is 2.00. The molecule has 100 valence electrons. The molecule has 0 amide bonds. The first kappa shape index (κ1) is 12.2. The van der Waals surface area contributed by atoms with Crippen molar-refractivity contribution in [1.82, 2.24) is 20.2 Å². The van der Waals surface area contributed by atoms with Crippen LogP contribution in [0.1, 0.15) is 31.4 Å². The molecule has 0 atom stereocenters. The average Bonchev–Trinajstić information content (AvgIpc) is 3.15. The number of anilines is 3. The third-order valence-corrected chi connectivity index (χ3v) is 3.35. The minimum absolute atomic E-state index is 0.473. The molecule has 2 aromatic rings. The Labute approximate surface area is 116 Å². The van der Waals surface area contributed by atoms with Crippen LogP contribution in [0.3, 0.4) is 0 Å². The highest BCUT2D eigenvalue weighted by molar-refractivity contribution is 6.35. The molecule has 1 saturated carbocycles. The number of hydrogen-bond donors (Lipinski definition) is 3. The van der Waals surface area contributed by atoms with Crippen LogP contribution >= 0.6 is 11.6 Å². The predicted molar refractivity (Wildman–Crippen MR) is 75.1 cm³/mol. The standard InChI is InChI=1S/C12H15ClN6/c1-2-14-11-10(13)12(16-6-15-11)17-9-5-8(18-19-9)7-3-4-7/h5-7H,2-4H2,1H3,(H3,14,15,16,17,18,19). The third kappa shape index (κ3) is 2.63. The Kier molecular flexibility index (Phi) is 3.25. The van der Waals surface area contributed by atoms with Gasteiger partial charge in [0.1, 0.15) is 17.2 Å². The minimum atomic E-state index is 0.473. The normalized spacial score (nSPS) is 14.4. The molecule has 0 bridgehead atoms. The maximum absolute atomic E-state index is 6.23. The van der Waals surface area contributed by atoms with E-state index in [9.17, 15) is 0 Å². The number of hydrogen-bond acceptors (Lipinski definition) is 5. The van der Waals surface area contributed by atoms with Crippen molar-refractivity contribution < 1.29 is 0 Å². The van der Waals surface area contributed by atoms with Crippen LogP contribution in [0.2, 0.25) is 5.02 Å². The Bertz CT molecular complexity index is 577. The van der Waals surface area contributed by atoms with E-state index in [-0.39, 0.29) is 0 Å². The molecule has 0 unspecified atom stereocenters. The van der Waals surface area contributed by atoms with Crippen molar-refractivity contribution in [2.45, 2.75) is 25.7 Å². The lowest BCUT2D eigenvalue weighted by atomic mass is 10.3. The largest absolute Gasteiger partial charge is 0.369 e. The van der Waals surface area contributed by atoms with Crippen LogP contribution in [0, 0.1) is 0 Å².